The van der Waals surface area contributed by atoms with Gasteiger partial charge in [-0.2, -0.15) is 13.2 Å². The molecule has 4 heteroatoms. The monoisotopic (exact) mass is 301 g/mol. The van der Waals surface area contributed by atoms with Crippen LogP contribution in [0.15, 0.2) is 24.3 Å². The van der Waals surface area contributed by atoms with E-state index in [0.717, 1.165) is 24.9 Å². The van der Waals surface area contributed by atoms with E-state index in [-0.39, 0.29) is 12.5 Å². The summed E-state index contributed by atoms with van der Waals surface area (Å²) >= 11 is 0. The van der Waals surface area contributed by atoms with Gasteiger partial charge in [0.05, 0.1) is 0 Å². The van der Waals surface area contributed by atoms with E-state index < -0.39 is 12.6 Å². The van der Waals surface area contributed by atoms with Crippen molar-refractivity contribution in [2.45, 2.75) is 58.7 Å². The summed E-state index contributed by atoms with van der Waals surface area (Å²) in [5.41, 5.74) is 2.18. The van der Waals surface area contributed by atoms with E-state index in [0.29, 0.717) is 5.92 Å². The van der Waals surface area contributed by atoms with E-state index in [4.69, 9.17) is 0 Å². The molecule has 21 heavy (non-hydrogen) atoms. The molecule has 0 amide bonds. The number of alkyl halides is 3. The standard InChI is InChI=1S/C17H26F3N/c1-4-11-21-16(9-10-17(18,19)20)15-7-5-14(6-8-15)12-13(2)3/h5-8,13,16,21H,4,9-12H2,1-3H3. The van der Waals surface area contributed by atoms with Crippen molar-refractivity contribution >= 4 is 0 Å². The minimum atomic E-state index is -4.09. The summed E-state index contributed by atoms with van der Waals surface area (Å²) in [4.78, 5) is 0. The van der Waals surface area contributed by atoms with Gasteiger partial charge in [0.15, 0.2) is 0 Å². The molecule has 1 unspecified atom stereocenters. The van der Waals surface area contributed by atoms with Gasteiger partial charge in [-0.3, -0.25) is 0 Å². The van der Waals surface area contributed by atoms with Crippen LogP contribution in [0, 0.1) is 5.92 Å². The van der Waals surface area contributed by atoms with Crippen LogP contribution in [0.3, 0.4) is 0 Å². The van der Waals surface area contributed by atoms with Crippen LogP contribution in [-0.2, 0) is 6.42 Å². The lowest BCUT2D eigenvalue weighted by Gasteiger charge is -2.20. The zero-order chi connectivity index (χ0) is 15.9. The molecule has 120 valence electrons. The van der Waals surface area contributed by atoms with Crippen LogP contribution < -0.4 is 5.32 Å². The summed E-state index contributed by atoms with van der Waals surface area (Å²) in [6.45, 7) is 7.06. The Bertz CT molecular complexity index is 395. The van der Waals surface area contributed by atoms with Gasteiger partial charge >= 0.3 is 6.18 Å². The van der Waals surface area contributed by atoms with Crippen molar-refractivity contribution in [1.29, 1.82) is 0 Å². The summed E-state index contributed by atoms with van der Waals surface area (Å²) in [6.07, 6.45) is -2.84. The van der Waals surface area contributed by atoms with Crippen LogP contribution in [0.25, 0.3) is 0 Å². The highest BCUT2D eigenvalue weighted by molar-refractivity contribution is 5.25. The molecular weight excluding hydrogens is 275 g/mol. The fourth-order valence-electron chi connectivity index (χ4n) is 2.37. The molecule has 1 atom stereocenters. The van der Waals surface area contributed by atoms with Gasteiger partial charge in [-0.05, 0) is 42.9 Å². The molecule has 0 aromatic heterocycles. The zero-order valence-electron chi connectivity index (χ0n) is 13.1. The maximum Gasteiger partial charge on any atom is 0.389 e. The van der Waals surface area contributed by atoms with Gasteiger partial charge in [-0.15, -0.1) is 0 Å². The van der Waals surface area contributed by atoms with Gasteiger partial charge in [0.2, 0.25) is 0 Å². The largest absolute Gasteiger partial charge is 0.389 e. The first-order valence-corrected chi connectivity index (χ1v) is 7.70. The molecule has 1 aromatic carbocycles. The van der Waals surface area contributed by atoms with Crippen molar-refractivity contribution in [3.8, 4) is 0 Å². The SMILES string of the molecule is CCCNC(CCC(F)(F)F)c1ccc(CC(C)C)cc1. The minimum Gasteiger partial charge on any atom is -0.310 e. The predicted molar refractivity (Wildman–Crippen MR) is 81.3 cm³/mol. The van der Waals surface area contributed by atoms with E-state index in [1.165, 1.54) is 5.56 Å². The highest BCUT2D eigenvalue weighted by atomic mass is 19.4. The van der Waals surface area contributed by atoms with Crippen LogP contribution in [0.2, 0.25) is 0 Å². The molecule has 0 aliphatic heterocycles. The maximum atomic E-state index is 12.4. The molecule has 1 nitrogen and oxygen atoms in total. The predicted octanol–water partition coefficient (Wildman–Crippen LogP) is 5.27. The van der Waals surface area contributed by atoms with Gasteiger partial charge in [0, 0.05) is 12.5 Å². The van der Waals surface area contributed by atoms with Crippen LogP contribution in [0.1, 0.15) is 57.2 Å². The molecule has 1 rings (SSSR count). The molecule has 1 aromatic rings. The molecule has 0 bridgehead atoms. The number of benzene rings is 1. The Hall–Kier alpha value is -1.03. The number of hydrogen-bond donors (Lipinski definition) is 1. The van der Waals surface area contributed by atoms with E-state index in [1.54, 1.807) is 0 Å². The molecule has 0 saturated heterocycles. The van der Waals surface area contributed by atoms with Crippen molar-refractivity contribution in [1.82, 2.24) is 5.32 Å². The van der Waals surface area contributed by atoms with Crippen molar-refractivity contribution in [2.75, 3.05) is 6.54 Å². The lowest BCUT2D eigenvalue weighted by molar-refractivity contribution is -0.136. The van der Waals surface area contributed by atoms with Crippen molar-refractivity contribution in [3.05, 3.63) is 35.4 Å². The normalized spacial score (nSPS) is 13.7. The molecule has 0 saturated carbocycles. The molecule has 0 aliphatic rings. The quantitative estimate of drug-likeness (QED) is 0.690. The van der Waals surface area contributed by atoms with Gasteiger partial charge in [0.25, 0.3) is 0 Å². The third-order valence-electron chi connectivity index (χ3n) is 3.38. The van der Waals surface area contributed by atoms with Crippen molar-refractivity contribution < 1.29 is 13.2 Å². The molecular formula is C17H26F3N. The number of nitrogens with one attached hydrogen (secondary N) is 1. The average molecular weight is 301 g/mol. The summed E-state index contributed by atoms with van der Waals surface area (Å²) in [5, 5.41) is 3.22. The van der Waals surface area contributed by atoms with E-state index >= 15 is 0 Å². The van der Waals surface area contributed by atoms with E-state index in [9.17, 15) is 13.2 Å². The highest BCUT2D eigenvalue weighted by Gasteiger charge is 2.28. The maximum absolute atomic E-state index is 12.4. The topological polar surface area (TPSA) is 12.0 Å². The summed E-state index contributed by atoms with van der Waals surface area (Å²) in [6, 6.07) is 7.76. The fraction of sp³-hybridized carbons (Fsp3) is 0.647. The Morgan fingerprint density at radius 1 is 1.10 bits per heavy atom. The molecule has 0 heterocycles. The van der Waals surface area contributed by atoms with Gasteiger partial charge in [-0.1, -0.05) is 45.0 Å². The first kappa shape index (κ1) is 18.0. The Labute approximate surface area is 125 Å². The Kier molecular flexibility index (Phi) is 7.23. The van der Waals surface area contributed by atoms with Gasteiger partial charge in [0.1, 0.15) is 0 Å². The molecule has 0 aliphatic carbocycles. The summed E-state index contributed by atoms with van der Waals surface area (Å²) in [7, 11) is 0. The van der Waals surface area contributed by atoms with Crippen molar-refractivity contribution in [2.24, 2.45) is 5.92 Å². The van der Waals surface area contributed by atoms with E-state index in [2.05, 4.69) is 19.2 Å². The minimum absolute atomic E-state index is 0.0903. The average Bonchev–Trinajstić information content (AvgIpc) is 2.38. The van der Waals surface area contributed by atoms with Crippen molar-refractivity contribution in [3.63, 3.8) is 0 Å². The first-order chi connectivity index (χ1) is 9.81. The third-order valence-corrected chi connectivity index (χ3v) is 3.38. The summed E-state index contributed by atoms with van der Waals surface area (Å²) in [5.74, 6) is 0.579. The van der Waals surface area contributed by atoms with Crippen LogP contribution in [0.5, 0.6) is 0 Å². The van der Waals surface area contributed by atoms with Crippen LogP contribution in [0.4, 0.5) is 13.2 Å². The second-order valence-electron chi connectivity index (χ2n) is 6.00. The fourth-order valence-corrected chi connectivity index (χ4v) is 2.37. The van der Waals surface area contributed by atoms with Crippen LogP contribution in [-0.4, -0.2) is 12.7 Å². The molecule has 0 spiro atoms. The first-order valence-electron chi connectivity index (χ1n) is 7.70. The lowest BCUT2D eigenvalue weighted by atomic mass is 9.97. The Morgan fingerprint density at radius 2 is 1.71 bits per heavy atom. The number of hydrogen-bond acceptors (Lipinski definition) is 1. The molecule has 0 radical (unpaired) electrons. The Balaban J connectivity index is 2.72. The van der Waals surface area contributed by atoms with Gasteiger partial charge in [-0.25, -0.2) is 0 Å². The smallest absolute Gasteiger partial charge is 0.310 e. The third kappa shape index (κ3) is 7.51. The molecule has 0 fully saturated rings. The lowest BCUT2D eigenvalue weighted by Crippen LogP contribution is -2.24. The van der Waals surface area contributed by atoms with Crippen LogP contribution >= 0.6 is 0 Å². The second-order valence-corrected chi connectivity index (χ2v) is 6.00. The zero-order valence-corrected chi connectivity index (χ0v) is 13.1. The number of rotatable bonds is 8. The highest BCUT2D eigenvalue weighted by Crippen LogP contribution is 2.28. The summed E-state index contributed by atoms with van der Waals surface area (Å²) < 4.78 is 37.3. The number of halogens is 3. The Morgan fingerprint density at radius 3 is 2.19 bits per heavy atom. The van der Waals surface area contributed by atoms with E-state index in [1.807, 2.05) is 31.2 Å². The second kappa shape index (κ2) is 8.42. The molecule has 1 N–H and O–H groups in total. The van der Waals surface area contributed by atoms with Gasteiger partial charge < -0.3 is 5.32 Å².